The normalized spacial score (nSPS) is 10.9. The van der Waals surface area contributed by atoms with Gasteiger partial charge in [0.25, 0.3) is 0 Å². The van der Waals surface area contributed by atoms with Crippen LogP contribution in [0.1, 0.15) is 28.4 Å². The fraction of sp³-hybridized carbons (Fsp3) is 0.0625. The number of ketones is 1. The lowest BCUT2D eigenvalue weighted by atomic mass is 9.95. The lowest BCUT2D eigenvalue weighted by Crippen LogP contribution is -2.05. The summed E-state index contributed by atoms with van der Waals surface area (Å²) in [6.07, 6.45) is 0. The minimum atomic E-state index is -0.0970. The van der Waals surface area contributed by atoms with Gasteiger partial charge in [0, 0.05) is 22.1 Å². The van der Waals surface area contributed by atoms with Crippen LogP contribution in [-0.4, -0.2) is 22.4 Å². The summed E-state index contributed by atoms with van der Waals surface area (Å²) in [5, 5.41) is 11.0. The van der Waals surface area contributed by atoms with Crippen molar-refractivity contribution in [2.45, 2.75) is 6.92 Å². The quantitative estimate of drug-likeness (QED) is 0.214. The van der Waals surface area contributed by atoms with Crippen LogP contribution < -0.4 is 4.74 Å². The molecule has 0 aliphatic carbocycles. The summed E-state index contributed by atoms with van der Waals surface area (Å²) in [6.45, 7) is 2.26. The summed E-state index contributed by atoms with van der Waals surface area (Å²) in [6, 6.07) is 32.9. The van der Waals surface area contributed by atoms with Gasteiger partial charge in [-0.3, -0.25) is 4.79 Å². The molecular formula is C32H21N3O2S. The Morgan fingerprint density at radius 1 is 0.895 bits per heavy atom. The highest BCUT2D eigenvalue weighted by molar-refractivity contribution is 7.25. The number of benzene rings is 3. The van der Waals surface area contributed by atoms with Gasteiger partial charge in [0.15, 0.2) is 5.78 Å². The minimum Gasteiger partial charge on any atom is -0.477 e. The predicted octanol–water partition coefficient (Wildman–Crippen LogP) is 7.68. The lowest BCUT2D eigenvalue weighted by molar-refractivity contribution is 0.103. The van der Waals surface area contributed by atoms with Gasteiger partial charge in [0.05, 0.1) is 28.1 Å². The van der Waals surface area contributed by atoms with Crippen molar-refractivity contribution in [1.29, 1.82) is 5.26 Å². The van der Waals surface area contributed by atoms with Gasteiger partial charge in [-0.1, -0.05) is 91.0 Å². The fourth-order valence-corrected chi connectivity index (χ4v) is 5.72. The molecule has 6 heteroatoms. The first kappa shape index (κ1) is 23.5. The molecule has 182 valence electrons. The number of rotatable bonds is 6. The molecule has 0 atom stereocenters. The van der Waals surface area contributed by atoms with Crippen LogP contribution in [0.15, 0.2) is 97.1 Å². The largest absolute Gasteiger partial charge is 0.477 e. The number of thiophene rings is 1. The van der Waals surface area contributed by atoms with E-state index in [1.807, 2.05) is 104 Å². The Bertz CT molecular complexity index is 1840. The average molecular weight is 512 g/mol. The summed E-state index contributed by atoms with van der Waals surface area (Å²) >= 11 is 1.45. The van der Waals surface area contributed by atoms with E-state index in [2.05, 4.69) is 6.07 Å². The smallest absolute Gasteiger partial charge is 0.233 e. The van der Waals surface area contributed by atoms with Crippen molar-refractivity contribution in [3.63, 3.8) is 0 Å². The van der Waals surface area contributed by atoms with E-state index in [-0.39, 0.29) is 5.78 Å². The number of fused-ring (bicyclic) bond motifs is 3. The summed E-state index contributed by atoms with van der Waals surface area (Å²) in [7, 11) is 0. The number of carbonyl (C=O) groups is 1. The van der Waals surface area contributed by atoms with Crippen LogP contribution in [0.5, 0.6) is 5.88 Å². The highest BCUT2D eigenvalue weighted by atomic mass is 32.1. The SMILES string of the molecule is CCOc1nc2sc3cc(C(=O)c4ccccc4)c(-c4ccccc4)nc3c2c(-c2ccccc2)c1C#N. The van der Waals surface area contributed by atoms with E-state index >= 15 is 0 Å². The van der Waals surface area contributed by atoms with Gasteiger partial charge in [-0.25, -0.2) is 9.97 Å². The molecule has 0 amide bonds. The van der Waals surface area contributed by atoms with Gasteiger partial charge in [0.1, 0.15) is 16.5 Å². The summed E-state index contributed by atoms with van der Waals surface area (Å²) in [5.41, 5.74) is 5.25. The van der Waals surface area contributed by atoms with Crippen molar-refractivity contribution in [2.75, 3.05) is 6.61 Å². The van der Waals surface area contributed by atoms with Crippen LogP contribution in [-0.2, 0) is 0 Å². The predicted molar refractivity (Wildman–Crippen MR) is 152 cm³/mol. The number of nitrogens with zero attached hydrogens (tertiary/aromatic N) is 3. The van der Waals surface area contributed by atoms with Crippen molar-refractivity contribution in [3.05, 3.63) is 114 Å². The topological polar surface area (TPSA) is 75.9 Å². The number of aromatic nitrogens is 2. The highest BCUT2D eigenvalue weighted by Gasteiger charge is 2.25. The Kier molecular flexibility index (Phi) is 6.12. The molecule has 6 aromatic rings. The Hall–Kier alpha value is -4.86. The molecule has 0 fully saturated rings. The Morgan fingerprint density at radius 2 is 1.53 bits per heavy atom. The molecule has 0 unspecified atom stereocenters. The number of pyridine rings is 2. The zero-order chi connectivity index (χ0) is 26.1. The van der Waals surface area contributed by atoms with Gasteiger partial charge in [0.2, 0.25) is 5.88 Å². The van der Waals surface area contributed by atoms with Gasteiger partial charge in [-0.15, -0.1) is 11.3 Å². The number of hydrogen-bond acceptors (Lipinski definition) is 6. The van der Waals surface area contributed by atoms with Crippen molar-refractivity contribution in [3.8, 4) is 34.3 Å². The van der Waals surface area contributed by atoms with Crippen molar-refractivity contribution in [2.24, 2.45) is 0 Å². The van der Waals surface area contributed by atoms with E-state index in [4.69, 9.17) is 14.7 Å². The van der Waals surface area contributed by atoms with Crippen LogP contribution in [0, 0.1) is 11.3 Å². The second-order valence-electron chi connectivity index (χ2n) is 8.65. The van der Waals surface area contributed by atoms with Crippen molar-refractivity contribution >= 4 is 37.6 Å². The zero-order valence-electron chi connectivity index (χ0n) is 20.5. The van der Waals surface area contributed by atoms with Crippen LogP contribution in [0.2, 0.25) is 0 Å². The zero-order valence-corrected chi connectivity index (χ0v) is 21.3. The molecule has 0 bridgehead atoms. The molecule has 3 aromatic heterocycles. The summed E-state index contributed by atoms with van der Waals surface area (Å²) in [4.78, 5) is 24.3. The maximum absolute atomic E-state index is 13.7. The third-order valence-electron chi connectivity index (χ3n) is 6.34. The molecule has 5 nitrogen and oxygen atoms in total. The first-order valence-electron chi connectivity index (χ1n) is 12.2. The molecule has 0 aliphatic rings. The summed E-state index contributed by atoms with van der Waals surface area (Å²) < 4.78 is 6.63. The van der Waals surface area contributed by atoms with Crippen LogP contribution in [0.25, 0.3) is 42.8 Å². The molecular weight excluding hydrogens is 490 g/mol. The molecule has 3 aromatic carbocycles. The first-order chi connectivity index (χ1) is 18.7. The van der Waals surface area contributed by atoms with Crippen molar-refractivity contribution < 1.29 is 9.53 Å². The molecule has 0 saturated heterocycles. The molecule has 0 aliphatic heterocycles. The maximum atomic E-state index is 13.7. The second-order valence-corrected chi connectivity index (χ2v) is 9.68. The van der Waals surface area contributed by atoms with Crippen LogP contribution in [0.4, 0.5) is 0 Å². The molecule has 0 N–H and O–H groups in total. The van der Waals surface area contributed by atoms with E-state index in [9.17, 15) is 10.1 Å². The average Bonchev–Trinajstić information content (AvgIpc) is 3.33. The Balaban J connectivity index is 1.73. The number of ether oxygens (including phenoxy) is 1. The molecule has 0 spiro atoms. The summed E-state index contributed by atoms with van der Waals surface area (Å²) in [5.74, 6) is 0.206. The first-order valence-corrected chi connectivity index (χ1v) is 13.1. The highest BCUT2D eigenvalue weighted by Crippen LogP contribution is 2.44. The molecule has 3 heterocycles. The minimum absolute atomic E-state index is 0.0970. The van der Waals surface area contributed by atoms with Gasteiger partial charge >= 0.3 is 0 Å². The van der Waals surface area contributed by atoms with Crippen LogP contribution >= 0.6 is 11.3 Å². The molecule has 0 saturated carbocycles. The molecule has 0 radical (unpaired) electrons. The molecule has 6 rings (SSSR count). The second kappa shape index (κ2) is 9.89. The number of carbonyl (C=O) groups excluding carboxylic acids is 1. The van der Waals surface area contributed by atoms with E-state index < -0.39 is 0 Å². The number of hydrogen-bond donors (Lipinski definition) is 0. The molecule has 38 heavy (non-hydrogen) atoms. The monoisotopic (exact) mass is 511 g/mol. The van der Waals surface area contributed by atoms with E-state index in [1.54, 1.807) is 0 Å². The van der Waals surface area contributed by atoms with Crippen molar-refractivity contribution in [1.82, 2.24) is 9.97 Å². The van der Waals surface area contributed by atoms with E-state index in [0.29, 0.717) is 45.2 Å². The fourth-order valence-electron chi connectivity index (χ4n) is 4.67. The lowest BCUT2D eigenvalue weighted by Gasteiger charge is -2.12. The Morgan fingerprint density at radius 3 is 2.16 bits per heavy atom. The third kappa shape index (κ3) is 4.00. The van der Waals surface area contributed by atoms with E-state index in [0.717, 1.165) is 26.8 Å². The van der Waals surface area contributed by atoms with Gasteiger partial charge < -0.3 is 4.74 Å². The van der Waals surface area contributed by atoms with Crippen LogP contribution in [0.3, 0.4) is 0 Å². The maximum Gasteiger partial charge on any atom is 0.233 e. The third-order valence-corrected chi connectivity index (χ3v) is 7.36. The van der Waals surface area contributed by atoms with E-state index in [1.165, 1.54) is 11.3 Å². The van der Waals surface area contributed by atoms with Gasteiger partial charge in [-0.05, 0) is 18.6 Å². The standard InChI is InChI=1S/C32H21N3O2S/c1-2-37-31-24(19-33)26(20-12-6-3-7-13-20)27-29-25(38-32(27)35-31)18-23(30(36)22-16-10-5-11-17-22)28(34-29)21-14-8-4-9-15-21/h3-18H,2H2,1H3. The number of nitriles is 1. The Labute approximate surface area is 223 Å². The van der Waals surface area contributed by atoms with Gasteiger partial charge in [-0.2, -0.15) is 5.26 Å².